The van der Waals surface area contributed by atoms with Gasteiger partial charge in [0.05, 0.1) is 6.04 Å². The highest BCUT2D eigenvalue weighted by atomic mass is 35.5. The second-order valence-electron chi connectivity index (χ2n) is 4.47. The van der Waals surface area contributed by atoms with Crippen LogP contribution in [0.3, 0.4) is 0 Å². The summed E-state index contributed by atoms with van der Waals surface area (Å²) in [7, 11) is 0. The molecule has 0 aliphatic rings. The molecule has 1 unspecified atom stereocenters. The molecular formula is C15H15ClF2N2O. The van der Waals surface area contributed by atoms with Crippen molar-refractivity contribution in [3.63, 3.8) is 0 Å². The molecule has 3 nitrogen and oxygen atoms in total. The molecule has 0 aliphatic heterocycles. The van der Waals surface area contributed by atoms with E-state index in [0.717, 1.165) is 5.56 Å². The predicted octanol–water partition coefficient (Wildman–Crippen LogP) is 3.69. The molecule has 0 aromatic heterocycles. The largest absolute Gasteiger partial charge is 0.434 e. The zero-order valence-corrected chi connectivity index (χ0v) is 11.9. The van der Waals surface area contributed by atoms with E-state index in [1.54, 1.807) is 30.3 Å². The predicted molar refractivity (Wildman–Crippen MR) is 78.3 cm³/mol. The Kier molecular flexibility index (Phi) is 5.50. The van der Waals surface area contributed by atoms with Gasteiger partial charge in [-0.25, -0.2) is 0 Å². The van der Waals surface area contributed by atoms with Crippen molar-refractivity contribution in [2.75, 3.05) is 0 Å². The number of alkyl halides is 2. The number of hydrogen-bond acceptors (Lipinski definition) is 3. The van der Waals surface area contributed by atoms with E-state index in [0.29, 0.717) is 17.0 Å². The molecule has 0 aliphatic carbocycles. The van der Waals surface area contributed by atoms with Crippen molar-refractivity contribution in [1.29, 1.82) is 0 Å². The number of benzene rings is 2. The summed E-state index contributed by atoms with van der Waals surface area (Å²) in [6.07, 6.45) is 0.525. The minimum Gasteiger partial charge on any atom is -0.434 e. The molecule has 2 aromatic rings. The third-order valence-electron chi connectivity index (χ3n) is 3.06. The fourth-order valence-corrected chi connectivity index (χ4v) is 2.21. The van der Waals surface area contributed by atoms with Gasteiger partial charge in [0, 0.05) is 10.6 Å². The van der Waals surface area contributed by atoms with Crippen LogP contribution in [0.25, 0.3) is 0 Å². The highest BCUT2D eigenvalue weighted by Crippen LogP contribution is 2.28. The first-order valence-electron chi connectivity index (χ1n) is 6.34. The quantitative estimate of drug-likeness (QED) is 0.632. The van der Waals surface area contributed by atoms with Crippen molar-refractivity contribution in [1.82, 2.24) is 5.43 Å². The average molecular weight is 313 g/mol. The Balaban J connectivity index is 2.22. The van der Waals surface area contributed by atoms with Crippen LogP contribution >= 0.6 is 11.6 Å². The summed E-state index contributed by atoms with van der Waals surface area (Å²) in [5.74, 6) is 5.68. The van der Waals surface area contributed by atoms with Gasteiger partial charge < -0.3 is 4.74 Å². The molecule has 2 rings (SSSR count). The van der Waals surface area contributed by atoms with E-state index >= 15 is 0 Å². The van der Waals surface area contributed by atoms with Crippen molar-refractivity contribution in [3.05, 3.63) is 64.7 Å². The van der Waals surface area contributed by atoms with E-state index in [4.69, 9.17) is 17.4 Å². The smallest absolute Gasteiger partial charge is 0.387 e. The number of halogens is 3. The SMILES string of the molecule is NNC(Cc1ccc(Cl)cc1)c1ccccc1OC(F)F. The van der Waals surface area contributed by atoms with E-state index < -0.39 is 6.61 Å². The highest BCUT2D eigenvalue weighted by Gasteiger charge is 2.17. The fraction of sp³-hybridized carbons (Fsp3) is 0.200. The van der Waals surface area contributed by atoms with Gasteiger partial charge in [-0.15, -0.1) is 0 Å². The number of hydrazine groups is 1. The van der Waals surface area contributed by atoms with Gasteiger partial charge in [0.15, 0.2) is 0 Å². The van der Waals surface area contributed by atoms with Crippen LogP contribution in [0.15, 0.2) is 48.5 Å². The summed E-state index contributed by atoms with van der Waals surface area (Å²) in [5, 5.41) is 0.637. The van der Waals surface area contributed by atoms with Gasteiger partial charge in [-0.2, -0.15) is 8.78 Å². The number of nitrogens with one attached hydrogen (secondary N) is 1. The summed E-state index contributed by atoms with van der Waals surface area (Å²) in [6, 6.07) is 13.5. The van der Waals surface area contributed by atoms with Crippen molar-refractivity contribution in [3.8, 4) is 5.75 Å². The summed E-state index contributed by atoms with van der Waals surface area (Å²) in [5.41, 5.74) is 4.20. The average Bonchev–Trinajstić information content (AvgIpc) is 2.47. The molecular weight excluding hydrogens is 298 g/mol. The van der Waals surface area contributed by atoms with Crippen LogP contribution in [-0.4, -0.2) is 6.61 Å². The zero-order valence-electron chi connectivity index (χ0n) is 11.1. The Morgan fingerprint density at radius 3 is 2.38 bits per heavy atom. The zero-order chi connectivity index (χ0) is 15.2. The van der Waals surface area contributed by atoms with Gasteiger partial charge in [0.1, 0.15) is 5.75 Å². The molecule has 21 heavy (non-hydrogen) atoms. The van der Waals surface area contributed by atoms with Gasteiger partial charge in [-0.3, -0.25) is 11.3 Å². The Bertz CT molecular complexity index is 578. The first-order valence-corrected chi connectivity index (χ1v) is 6.72. The molecule has 112 valence electrons. The number of rotatable bonds is 6. The lowest BCUT2D eigenvalue weighted by Crippen LogP contribution is -2.30. The second kappa shape index (κ2) is 7.36. The standard InChI is InChI=1S/C15H15ClF2N2O/c16-11-7-5-10(6-8-11)9-13(20-19)12-3-1-2-4-14(12)21-15(17)18/h1-8,13,15,20H,9,19H2. The van der Waals surface area contributed by atoms with Crippen molar-refractivity contribution >= 4 is 11.6 Å². The molecule has 0 fully saturated rings. The third-order valence-corrected chi connectivity index (χ3v) is 3.32. The molecule has 0 spiro atoms. The van der Waals surface area contributed by atoms with Crippen LogP contribution in [0, 0.1) is 0 Å². The maximum absolute atomic E-state index is 12.5. The van der Waals surface area contributed by atoms with Crippen LogP contribution in [0.2, 0.25) is 5.02 Å². The first-order chi connectivity index (χ1) is 10.1. The normalized spacial score (nSPS) is 12.4. The van der Waals surface area contributed by atoms with Crippen LogP contribution in [0.1, 0.15) is 17.2 Å². The van der Waals surface area contributed by atoms with E-state index in [1.165, 1.54) is 6.07 Å². The van der Waals surface area contributed by atoms with Gasteiger partial charge in [-0.05, 0) is 30.2 Å². The number of hydrogen-bond donors (Lipinski definition) is 2. The van der Waals surface area contributed by atoms with Crippen LogP contribution in [-0.2, 0) is 6.42 Å². The fourth-order valence-electron chi connectivity index (χ4n) is 2.09. The number of ether oxygens (including phenoxy) is 1. The summed E-state index contributed by atoms with van der Waals surface area (Å²) >= 11 is 5.84. The van der Waals surface area contributed by atoms with Crippen LogP contribution in [0.4, 0.5) is 8.78 Å². The number of para-hydroxylation sites is 1. The van der Waals surface area contributed by atoms with E-state index in [1.807, 2.05) is 12.1 Å². The Labute approximate surface area is 126 Å². The lowest BCUT2D eigenvalue weighted by Gasteiger charge is -2.19. The van der Waals surface area contributed by atoms with Crippen molar-refractivity contribution < 1.29 is 13.5 Å². The second-order valence-corrected chi connectivity index (χ2v) is 4.90. The summed E-state index contributed by atoms with van der Waals surface area (Å²) < 4.78 is 29.4. The van der Waals surface area contributed by atoms with Gasteiger partial charge in [0.25, 0.3) is 0 Å². The van der Waals surface area contributed by atoms with Gasteiger partial charge in [0.2, 0.25) is 0 Å². The minimum atomic E-state index is -2.87. The Morgan fingerprint density at radius 2 is 1.76 bits per heavy atom. The monoisotopic (exact) mass is 312 g/mol. The number of nitrogens with two attached hydrogens (primary N) is 1. The van der Waals surface area contributed by atoms with Crippen molar-refractivity contribution in [2.45, 2.75) is 19.1 Å². The molecule has 0 amide bonds. The molecule has 1 atom stereocenters. The van der Waals surface area contributed by atoms with Crippen LogP contribution in [0.5, 0.6) is 5.75 Å². The first kappa shape index (κ1) is 15.7. The molecule has 0 bridgehead atoms. The lowest BCUT2D eigenvalue weighted by molar-refractivity contribution is -0.0507. The molecule has 0 saturated carbocycles. The van der Waals surface area contributed by atoms with Crippen molar-refractivity contribution in [2.24, 2.45) is 5.84 Å². The molecule has 0 radical (unpaired) electrons. The van der Waals surface area contributed by atoms with Gasteiger partial charge in [-0.1, -0.05) is 41.9 Å². The molecule has 0 saturated heterocycles. The van der Waals surface area contributed by atoms with Crippen LogP contribution < -0.4 is 16.0 Å². The van der Waals surface area contributed by atoms with E-state index in [2.05, 4.69) is 10.2 Å². The molecule has 0 heterocycles. The Morgan fingerprint density at radius 1 is 1.10 bits per heavy atom. The molecule has 6 heteroatoms. The minimum absolute atomic E-state index is 0.115. The Hall–Kier alpha value is -1.69. The lowest BCUT2D eigenvalue weighted by atomic mass is 9.98. The maximum atomic E-state index is 12.5. The molecule has 3 N–H and O–H groups in total. The van der Waals surface area contributed by atoms with E-state index in [-0.39, 0.29) is 11.8 Å². The summed E-state index contributed by atoms with van der Waals surface area (Å²) in [4.78, 5) is 0. The molecule has 2 aromatic carbocycles. The van der Waals surface area contributed by atoms with E-state index in [9.17, 15) is 8.78 Å². The maximum Gasteiger partial charge on any atom is 0.387 e. The topological polar surface area (TPSA) is 47.3 Å². The van der Waals surface area contributed by atoms with Gasteiger partial charge >= 0.3 is 6.61 Å². The highest BCUT2D eigenvalue weighted by molar-refractivity contribution is 6.30. The summed E-state index contributed by atoms with van der Waals surface area (Å²) in [6.45, 7) is -2.87. The third kappa shape index (κ3) is 4.39.